The molecule has 1 heterocycles. The van der Waals surface area contributed by atoms with Gasteiger partial charge in [0.05, 0.1) is 7.11 Å². The lowest BCUT2D eigenvalue weighted by molar-refractivity contribution is -0.141. The molecule has 18 heavy (non-hydrogen) atoms. The quantitative estimate of drug-likeness (QED) is 0.729. The number of methoxy groups -OCH3 is 1. The number of aromatic nitrogens is 1. The summed E-state index contributed by atoms with van der Waals surface area (Å²) in [7, 11) is 1.34. The van der Waals surface area contributed by atoms with E-state index in [1.807, 2.05) is 27.7 Å². The average molecular weight is 265 g/mol. The molecule has 0 aliphatic rings. The van der Waals surface area contributed by atoms with Crippen molar-refractivity contribution in [2.75, 3.05) is 7.11 Å². The Morgan fingerprint density at radius 2 is 1.50 bits per heavy atom. The number of alkyl halides is 3. The zero-order valence-corrected chi connectivity index (χ0v) is 12.1. The van der Waals surface area contributed by atoms with Crippen LogP contribution in [0.4, 0.5) is 13.2 Å². The van der Waals surface area contributed by atoms with E-state index in [0.717, 1.165) is 0 Å². The number of hydrogen-bond donors (Lipinski definition) is 0. The number of nitrogens with zero attached hydrogens (tertiary/aromatic N) is 1. The maximum absolute atomic E-state index is 12.4. The minimum absolute atomic E-state index is 0.0191. The van der Waals surface area contributed by atoms with E-state index >= 15 is 0 Å². The van der Waals surface area contributed by atoms with Crippen LogP contribution < -0.4 is 4.74 Å². The number of pyridine rings is 1. The second-order valence-electron chi connectivity index (χ2n) is 2.94. The first-order valence-corrected chi connectivity index (χ1v) is 5.95. The minimum atomic E-state index is -4.43. The Balaban J connectivity index is 0. The van der Waals surface area contributed by atoms with Gasteiger partial charge in [0.15, 0.2) is 5.69 Å². The van der Waals surface area contributed by atoms with Gasteiger partial charge in [0.1, 0.15) is 5.75 Å². The molecule has 0 amide bonds. The predicted molar refractivity (Wildman–Crippen MR) is 68.0 cm³/mol. The van der Waals surface area contributed by atoms with Gasteiger partial charge in [-0.2, -0.15) is 13.2 Å². The van der Waals surface area contributed by atoms with Crippen molar-refractivity contribution >= 4 is 0 Å². The molecule has 0 aliphatic heterocycles. The summed E-state index contributed by atoms with van der Waals surface area (Å²) in [5, 5.41) is 0. The molecule has 1 aromatic rings. The normalized spacial score (nSPS) is 9.67. The molecule has 0 fully saturated rings. The Morgan fingerprint density at radius 3 is 1.83 bits per heavy atom. The van der Waals surface area contributed by atoms with Gasteiger partial charge in [-0.15, -0.1) is 0 Å². The Bertz CT molecular complexity index is 349. The third kappa shape index (κ3) is 5.38. The fourth-order valence-electron chi connectivity index (χ4n) is 1.20. The molecule has 0 radical (unpaired) electrons. The molecule has 0 saturated heterocycles. The molecule has 0 N–H and O–H groups in total. The summed E-state index contributed by atoms with van der Waals surface area (Å²) >= 11 is 0. The number of ether oxygens (including phenoxy) is 1. The number of rotatable bonds is 1. The standard InChI is InChI=1S/C9H10F3NO.2C2H6/c1-5-4-7(14-3)6(2)8(13-5)9(10,11)12;2*1-2/h4H,1-3H3;2*1-2H3. The molecule has 0 aliphatic carbocycles. The molecular formula is C13H22F3NO. The number of halogens is 3. The monoisotopic (exact) mass is 265 g/mol. The topological polar surface area (TPSA) is 22.1 Å². The van der Waals surface area contributed by atoms with Crippen molar-refractivity contribution in [2.45, 2.75) is 47.7 Å². The van der Waals surface area contributed by atoms with Crippen molar-refractivity contribution in [2.24, 2.45) is 0 Å². The third-order valence-electron chi connectivity index (χ3n) is 1.84. The first-order valence-electron chi connectivity index (χ1n) is 5.95. The smallest absolute Gasteiger partial charge is 0.433 e. The molecule has 0 atom stereocenters. The Hall–Kier alpha value is -1.26. The maximum Gasteiger partial charge on any atom is 0.433 e. The van der Waals surface area contributed by atoms with Crippen LogP contribution in [0.1, 0.15) is 44.6 Å². The Morgan fingerprint density at radius 1 is 1.06 bits per heavy atom. The predicted octanol–water partition coefficient (Wildman–Crippen LogP) is 4.78. The zero-order chi connectivity index (χ0) is 14.9. The van der Waals surface area contributed by atoms with Gasteiger partial charge in [0.25, 0.3) is 0 Å². The molecule has 0 saturated carbocycles. The van der Waals surface area contributed by atoms with Crippen molar-refractivity contribution < 1.29 is 17.9 Å². The first-order chi connectivity index (χ1) is 8.36. The summed E-state index contributed by atoms with van der Waals surface area (Å²) in [6.45, 7) is 10.8. The highest BCUT2D eigenvalue weighted by Gasteiger charge is 2.35. The maximum atomic E-state index is 12.4. The summed E-state index contributed by atoms with van der Waals surface area (Å²) in [4.78, 5) is 3.45. The van der Waals surface area contributed by atoms with E-state index < -0.39 is 11.9 Å². The summed E-state index contributed by atoms with van der Waals surface area (Å²) in [5.41, 5.74) is -0.570. The van der Waals surface area contributed by atoms with Crippen LogP contribution in [0.3, 0.4) is 0 Å². The van der Waals surface area contributed by atoms with Gasteiger partial charge in [0, 0.05) is 17.3 Å². The molecular weight excluding hydrogens is 243 g/mol. The molecule has 1 rings (SSSR count). The molecule has 1 aromatic heterocycles. The van der Waals surface area contributed by atoms with Crippen molar-refractivity contribution in [1.29, 1.82) is 0 Å². The van der Waals surface area contributed by atoms with Crippen molar-refractivity contribution in [3.63, 3.8) is 0 Å². The van der Waals surface area contributed by atoms with Crippen LogP contribution in [0.2, 0.25) is 0 Å². The van der Waals surface area contributed by atoms with E-state index in [2.05, 4.69) is 4.98 Å². The Kier molecular flexibility index (Phi) is 9.31. The fraction of sp³-hybridized carbons (Fsp3) is 0.615. The highest BCUT2D eigenvalue weighted by molar-refractivity contribution is 5.38. The highest BCUT2D eigenvalue weighted by atomic mass is 19.4. The number of hydrogen-bond acceptors (Lipinski definition) is 2. The van der Waals surface area contributed by atoms with Crippen LogP contribution in [0.5, 0.6) is 5.75 Å². The lowest BCUT2D eigenvalue weighted by Crippen LogP contribution is -2.12. The van der Waals surface area contributed by atoms with E-state index in [1.165, 1.54) is 27.0 Å². The fourth-order valence-corrected chi connectivity index (χ4v) is 1.20. The molecule has 106 valence electrons. The van der Waals surface area contributed by atoms with Gasteiger partial charge in [0.2, 0.25) is 0 Å². The van der Waals surface area contributed by atoms with Gasteiger partial charge < -0.3 is 4.74 Å². The van der Waals surface area contributed by atoms with Gasteiger partial charge in [-0.25, -0.2) is 4.98 Å². The van der Waals surface area contributed by atoms with E-state index in [0.29, 0.717) is 5.69 Å². The van der Waals surface area contributed by atoms with Crippen LogP contribution in [-0.2, 0) is 6.18 Å². The van der Waals surface area contributed by atoms with Crippen LogP contribution in [-0.4, -0.2) is 12.1 Å². The van der Waals surface area contributed by atoms with Gasteiger partial charge in [-0.05, 0) is 13.8 Å². The lowest BCUT2D eigenvalue weighted by atomic mass is 10.1. The van der Waals surface area contributed by atoms with Crippen molar-refractivity contribution in [3.8, 4) is 5.75 Å². The first kappa shape index (κ1) is 19.1. The van der Waals surface area contributed by atoms with Crippen LogP contribution in [0, 0.1) is 13.8 Å². The van der Waals surface area contributed by atoms with Gasteiger partial charge in [-0.3, -0.25) is 0 Å². The third-order valence-corrected chi connectivity index (χ3v) is 1.84. The average Bonchev–Trinajstić information content (AvgIpc) is 2.35. The molecule has 0 spiro atoms. The molecule has 2 nitrogen and oxygen atoms in total. The SMILES string of the molecule is CC.CC.COc1cc(C)nc(C(F)(F)F)c1C. The Labute approximate surface area is 107 Å². The van der Waals surface area contributed by atoms with Crippen molar-refractivity contribution in [3.05, 3.63) is 23.0 Å². The number of aryl methyl sites for hydroxylation is 1. The van der Waals surface area contributed by atoms with Gasteiger partial charge >= 0.3 is 6.18 Å². The van der Waals surface area contributed by atoms with Crippen LogP contribution >= 0.6 is 0 Å². The van der Waals surface area contributed by atoms with E-state index in [1.54, 1.807) is 0 Å². The second kappa shape index (κ2) is 8.78. The summed E-state index contributed by atoms with van der Waals surface area (Å²) in [6.07, 6.45) is -4.43. The van der Waals surface area contributed by atoms with E-state index in [9.17, 15) is 13.2 Å². The van der Waals surface area contributed by atoms with Crippen LogP contribution in [0.15, 0.2) is 6.07 Å². The molecule has 0 bridgehead atoms. The highest BCUT2D eigenvalue weighted by Crippen LogP contribution is 2.34. The summed E-state index contributed by atoms with van der Waals surface area (Å²) in [5.74, 6) is 0.213. The second-order valence-corrected chi connectivity index (χ2v) is 2.94. The molecule has 0 aromatic carbocycles. The minimum Gasteiger partial charge on any atom is -0.496 e. The van der Waals surface area contributed by atoms with Crippen molar-refractivity contribution in [1.82, 2.24) is 4.98 Å². The summed E-state index contributed by atoms with van der Waals surface area (Å²) in [6, 6.07) is 1.48. The molecule has 5 heteroatoms. The molecule has 0 unspecified atom stereocenters. The largest absolute Gasteiger partial charge is 0.496 e. The van der Waals surface area contributed by atoms with E-state index in [-0.39, 0.29) is 11.3 Å². The van der Waals surface area contributed by atoms with E-state index in [4.69, 9.17) is 4.74 Å². The van der Waals surface area contributed by atoms with Gasteiger partial charge in [-0.1, -0.05) is 27.7 Å². The lowest BCUT2D eigenvalue weighted by Gasteiger charge is -2.13. The van der Waals surface area contributed by atoms with Crippen LogP contribution in [0.25, 0.3) is 0 Å². The zero-order valence-electron chi connectivity index (χ0n) is 12.1. The summed E-state index contributed by atoms with van der Waals surface area (Å²) < 4.78 is 42.1.